The summed E-state index contributed by atoms with van der Waals surface area (Å²) >= 11 is 13.0. The van der Waals surface area contributed by atoms with Gasteiger partial charge in [0.25, 0.3) is 5.91 Å². The number of nitrogens with two attached hydrogens (primary N) is 1. The van der Waals surface area contributed by atoms with Gasteiger partial charge in [-0.3, -0.25) is 9.59 Å². The molecule has 0 saturated heterocycles. The SMILES string of the molecule is C[C@]1(C(N)=O)COc2c1cc([C@@](O)(CNC(=O)c1cc(OC3CC3)n3nc(C4CC4)cc3c1)c1cccc(F)c1)nc2-c1cccc(Cl)c1Cl. The smallest absolute Gasteiger partial charge is 0.251 e. The number of nitrogens with zero attached hydrogens (tertiary/aromatic N) is 3. The molecule has 256 valence electrons. The third-order valence-electron chi connectivity index (χ3n) is 9.67. The van der Waals surface area contributed by atoms with Gasteiger partial charge in [0.05, 0.1) is 33.5 Å². The van der Waals surface area contributed by atoms with Crippen LogP contribution in [0.1, 0.15) is 71.4 Å². The van der Waals surface area contributed by atoms with E-state index in [1.807, 2.05) is 6.07 Å². The largest absolute Gasteiger partial charge is 0.489 e. The highest BCUT2D eigenvalue weighted by Crippen LogP contribution is 2.48. The van der Waals surface area contributed by atoms with E-state index >= 15 is 0 Å². The molecular formula is C37H32Cl2FN5O5. The highest BCUT2D eigenvalue weighted by molar-refractivity contribution is 6.43. The zero-order valence-electron chi connectivity index (χ0n) is 26.9. The van der Waals surface area contributed by atoms with Crippen LogP contribution in [0.25, 0.3) is 16.8 Å². The average Bonchev–Trinajstić information content (AvgIpc) is 4.04. The van der Waals surface area contributed by atoms with Crippen molar-refractivity contribution in [3.63, 3.8) is 0 Å². The van der Waals surface area contributed by atoms with Gasteiger partial charge in [0, 0.05) is 28.7 Å². The molecule has 4 N–H and O–H groups in total. The van der Waals surface area contributed by atoms with Gasteiger partial charge in [-0.05, 0) is 74.6 Å². The molecule has 3 aliphatic rings. The maximum atomic E-state index is 14.8. The lowest BCUT2D eigenvalue weighted by Gasteiger charge is -2.30. The second-order valence-electron chi connectivity index (χ2n) is 13.5. The number of carbonyl (C=O) groups excluding carboxylic acids is 2. The third-order valence-corrected chi connectivity index (χ3v) is 10.5. The number of primary amides is 1. The standard InChI is InChI=1S/C37H32Cl2FN5O5/c1-36(35(41)47)18-49-33-26(36)16-29(43-32(33)25-6-3-7-27(38)31(25)39)37(48,21-4-2-5-22(40)14-21)17-42-34(46)20-12-23-15-28(19-8-9-19)44-45(23)30(13-20)50-24-10-11-24/h2-7,12-16,19,24,48H,8-11,17-18H2,1H3,(H2,41,47)(H,42,46)/t36-,37+/m0/s1. The number of hydrogen-bond donors (Lipinski definition) is 3. The Morgan fingerprint density at radius 2 is 1.90 bits per heavy atom. The summed E-state index contributed by atoms with van der Waals surface area (Å²) in [6, 6.07) is 17.2. The summed E-state index contributed by atoms with van der Waals surface area (Å²) in [5, 5.41) is 20.6. The van der Waals surface area contributed by atoms with E-state index < -0.39 is 35.2 Å². The summed E-state index contributed by atoms with van der Waals surface area (Å²) in [5.41, 5.74) is 5.41. The Labute approximate surface area is 296 Å². The molecular weight excluding hydrogens is 684 g/mol. The maximum Gasteiger partial charge on any atom is 0.251 e. The number of carbonyl (C=O) groups is 2. The lowest BCUT2D eigenvalue weighted by molar-refractivity contribution is -0.123. The predicted octanol–water partition coefficient (Wildman–Crippen LogP) is 6.06. The van der Waals surface area contributed by atoms with Crippen molar-refractivity contribution in [1.29, 1.82) is 0 Å². The number of ether oxygens (including phenoxy) is 2. The van der Waals surface area contributed by atoms with Crippen LogP contribution in [-0.2, 0) is 15.8 Å². The van der Waals surface area contributed by atoms with E-state index in [2.05, 4.69) is 5.32 Å². The highest BCUT2D eigenvalue weighted by Gasteiger charge is 2.46. The van der Waals surface area contributed by atoms with E-state index in [4.69, 9.17) is 48.5 Å². The fraction of sp³-hybridized carbons (Fsp3) is 0.297. The minimum absolute atomic E-state index is 0.00996. The molecule has 5 aromatic rings. The Morgan fingerprint density at radius 3 is 2.62 bits per heavy atom. The van der Waals surface area contributed by atoms with Crippen molar-refractivity contribution in [2.45, 2.75) is 55.6 Å². The van der Waals surface area contributed by atoms with Crippen LogP contribution in [0, 0.1) is 5.82 Å². The molecule has 0 spiro atoms. The summed E-state index contributed by atoms with van der Waals surface area (Å²) in [4.78, 5) is 31.5. The number of amides is 2. The fourth-order valence-electron chi connectivity index (χ4n) is 6.30. The molecule has 2 atom stereocenters. The van der Waals surface area contributed by atoms with Gasteiger partial charge in [-0.2, -0.15) is 5.10 Å². The number of aromatic nitrogens is 3. The molecule has 8 rings (SSSR count). The van der Waals surface area contributed by atoms with Gasteiger partial charge < -0.3 is 25.6 Å². The fourth-order valence-corrected chi connectivity index (χ4v) is 6.69. The van der Waals surface area contributed by atoms with Crippen LogP contribution in [-0.4, -0.2) is 50.8 Å². The monoisotopic (exact) mass is 715 g/mol. The first-order chi connectivity index (χ1) is 23.9. The summed E-state index contributed by atoms with van der Waals surface area (Å²) < 4.78 is 28.7. The Morgan fingerprint density at radius 1 is 1.12 bits per heavy atom. The van der Waals surface area contributed by atoms with Crippen LogP contribution in [0.2, 0.25) is 10.0 Å². The van der Waals surface area contributed by atoms with Crippen LogP contribution in [0.3, 0.4) is 0 Å². The van der Waals surface area contributed by atoms with E-state index in [1.54, 1.807) is 41.8 Å². The normalized spacial score (nSPS) is 19.5. The van der Waals surface area contributed by atoms with Crippen LogP contribution in [0.4, 0.5) is 4.39 Å². The quantitative estimate of drug-likeness (QED) is 0.160. The first-order valence-corrected chi connectivity index (χ1v) is 17.1. The summed E-state index contributed by atoms with van der Waals surface area (Å²) in [7, 11) is 0. The maximum absolute atomic E-state index is 14.8. The molecule has 13 heteroatoms. The molecule has 0 unspecified atom stereocenters. The van der Waals surface area contributed by atoms with Crippen molar-refractivity contribution in [3.8, 4) is 22.9 Å². The molecule has 0 radical (unpaired) electrons. The molecule has 50 heavy (non-hydrogen) atoms. The van der Waals surface area contributed by atoms with E-state index in [-0.39, 0.29) is 45.5 Å². The average molecular weight is 717 g/mol. The van der Waals surface area contributed by atoms with E-state index in [9.17, 15) is 19.1 Å². The minimum Gasteiger partial charge on any atom is -0.489 e. The molecule has 1 aliphatic heterocycles. The van der Waals surface area contributed by atoms with E-state index in [0.717, 1.165) is 37.4 Å². The van der Waals surface area contributed by atoms with Gasteiger partial charge in [-0.15, -0.1) is 0 Å². The zero-order valence-corrected chi connectivity index (χ0v) is 28.4. The Balaban J connectivity index is 1.23. The van der Waals surface area contributed by atoms with Crippen LogP contribution in [0.15, 0.2) is 66.7 Å². The molecule has 2 aliphatic carbocycles. The number of pyridine rings is 2. The minimum atomic E-state index is -2.12. The van der Waals surface area contributed by atoms with Gasteiger partial charge in [0.2, 0.25) is 11.8 Å². The molecule has 4 heterocycles. The van der Waals surface area contributed by atoms with Crippen LogP contribution < -0.4 is 20.5 Å². The van der Waals surface area contributed by atoms with Crippen molar-refractivity contribution >= 4 is 40.5 Å². The Hall–Kier alpha value is -4.71. The molecule has 2 fully saturated rings. The second-order valence-corrected chi connectivity index (χ2v) is 14.2. The molecule has 0 bridgehead atoms. The highest BCUT2D eigenvalue weighted by atomic mass is 35.5. The van der Waals surface area contributed by atoms with Gasteiger partial charge >= 0.3 is 0 Å². The molecule has 2 aromatic carbocycles. The lowest BCUT2D eigenvalue weighted by atomic mass is 9.80. The molecule has 10 nitrogen and oxygen atoms in total. The third kappa shape index (κ3) is 5.63. The molecule has 2 amide bonds. The second kappa shape index (κ2) is 12.0. The van der Waals surface area contributed by atoms with Crippen molar-refractivity contribution in [2.24, 2.45) is 5.73 Å². The first kappa shape index (κ1) is 32.5. The number of aliphatic hydroxyl groups is 1. The Kier molecular flexibility index (Phi) is 7.78. The summed E-state index contributed by atoms with van der Waals surface area (Å²) in [6.45, 7) is 1.10. The van der Waals surface area contributed by atoms with Crippen molar-refractivity contribution < 1.29 is 28.6 Å². The topological polar surface area (TPSA) is 141 Å². The van der Waals surface area contributed by atoms with Crippen molar-refractivity contribution in [3.05, 3.63) is 111 Å². The number of rotatable bonds is 10. The Bertz CT molecular complexity index is 2220. The van der Waals surface area contributed by atoms with Crippen LogP contribution in [0.5, 0.6) is 11.6 Å². The van der Waals surface area contributed by atoms with Crippen molar-refractivity contribution in [1.82, 2.24) is 19.9 Å². The van der Waals surface area contributed by atoms with Gasteiger partial charge in [-0.25, -0.2) is 13.9 Å². The van der Waals surface area contributed by atoms with Crippen molar-refractivity contribution in [2.75, 3.05) is 13.2 Å². The molecule has 2 saturated carbocycles. The predicted molar refractivity (Wildman–Crippen MR) is 184 cm³/mol. The number of halogens is 3. The lowest BCUT2D eigenvalue weighted by Crippen LogP contribution is -2.43. The van der Waals surface area contributed by atoms with Gasteiger partial charge in [0.15, 0.2) is 0 Å². The zero-order chi connectivity index (χ0) is 34.9. The van der Waals surface area contributed by atoms with Gasteiger partial charge in [-0.1, -0.05) is 47.5 Å². The van der Waals surface area contributed by atoms with E-state index in [1.165, 1.54) is 24.3 Å². The number of fused-ring (bicyclic) bond motifs is 2. The number of nitrogens with one attached hydrogen (secondary N) is 1. The molecule has 3 aromatic heterocycles. The number of benzene rings is 2. The first-order valence-electron chi connectivity index (χ1n) is 16.3. The van der Waals surface area contributed by atoms with E-state index in [0.29, 0.717) is 34.0 Å². The van der Waals surface area contributed by atoms with Crippen LogP contribution >= 0.6 is 23.2 Å². The number of hydrogen-bond acceptors (Lipinski definition) is 7. The summed E-state index contributed by atoms with van der Waals surface area (Å²) in [6.07, 6.45) is 4.05. The summed E-state index contributed by atoms with van der Waals surface area (Å²) in [5.74, 6) is -0.693. The van der Waals surface area contributed by atoms with Gasteiger partial charge in [0.1, 0.15) is 41.0 Å².